The van der Waals surface area contributed by atoms with Crippen molar-refractivity contribution in [2.45, 2.75) is 6.55 Å². The summed E-state index contributed by atoms with van der Waals surface area (Å²) in [6.07, 6.45) is 2.95. The van der Waals surface area contributed by atoms with E-state index in [1.165, 1.54) is 6.20 Å². The predicted octanol–water partition coefficient (Wildman–Crippen LogP) is 5.76. The fraction of sp³-hybridized carbons (Fsp3) is 0.0455. The van der Waals surface area contributed by atoms with Crippen molar-refractivity contribution in [2.75, 3.05) is 10.2 Å². The number of fused-ring (bicyclic) bond motifs is 1. The molecule has 174 valence electrons. The number of alkyl halides is 2. The predicted molar refractivity (Wildman–Crippen MR) is 115 cm³/mol. The van der Waals surface area contributed by atoms with Crippen molar-refractivity contribution in [3.05, 3.63) is 88.5 Å². The third-order valence-electron chi connectivity index (χ3n) is 4.77. The van der Waals surface area contributed by atoms with E-state index >= 15 is 0 Å². The first-order valence-electron chi connectivity index (χ1n) is 9.46. The van der Waals surface area contributed by atoms with Crippen LogP contribution >= 0.6 is 11.6 Å². The molecule has 2 aromatic heterocycles. The van der Waals surface area contributed by atoms with Crippen LogP contribution in [-0.2, 0) is 0 Å². The molecule has 4 rings (SSSR count). The Bertz CT molecular complexity index is 1430. The van der Waals surface area contributed by atoms with Crippen LogP contribution in [0.25, 0.3) is 11.0 Å². The minimum Gasteiger partial charge on any atom is -0.346 e. The summed E-state index contributed by atoms with van der Waals surface area (Å²) in [4.78, 5) is 31.9. The topological polar surface area (TPSA) is 78.1 Å². The van der Waals surface area contributed by atoms with Crippen molar-refractivity contribution in [3.63, 3.8) is 0 Å². The number of amides is 2. The summed E-state index contributed by atoms with van der Waals surface area (Å²) in [5.41, 5.74) is -1.61. The van der Waals surface area contributed by atoms with E-state index in [1.807, 2.05) is 0 Å². The van der Waals surface area contributed by atoms with Crippen LogP contribution in [0.15, 0.2) is 54.9 Å². The number of anilines is 2. The number of carbonyl (C=O) groups excluding carboxylic acids is 2. The number of rotatable bonds is 5. The zero-order valence-corrected chi connectivity index (χ0v) is 17.5. The average molecular weight is 495 g/mol. The largest absolute Gasteiger partial charge is 0.346 e. The van der Waals surface area contributed by atoms with Crippen molar-refractivity contribution >= 4 is 45.8 Å². The fourth-order valence-corrected chi connectivity index (χ4v) is 3.43. The Morgan fingerprint density at radius 2 is 1.76 bits per heavy atom. The second kappa shape index (κ2) is 9.10. The van der Waals surface area contributed by atoms with Gasteiger partial charge in [-0.2, -0.15) is 8.78 Å². The van der Waals surface area contributed by atoms with E-state index in [-0.39, 0.29) is 10.6 Å². The zero-order chi connectivity index (χ0) is 24.6. The van der Waals surface area contributed by atoms with Crippen molar-refractivity contribution in [3.8, 4) is 0 Å². The lowest BCUT2D eigenvalue weighted by Gasteiger charge is -2.23. The van der Waals surface area contributed by atoms with E-state index in [9.17, 15) is 31.5 Å². The number of benzene rings is 2. The number of hydrogen-bond donors (Lipinski definition) is 2. The highest BCUT2D eigenvalue weighted by Gasteiger charge is 2.31. The molecule has 0 aliphatic heterocycles. The first-order valence-corrected chi connectivity index (χ1v) is 9.84. The molecule has 12 heteroatoms. The van der Waals surface area contributed by atoms with Crippen molar-refractivity contribution < 1.29 is 31.5 Å². The fourth-order valence-electron chi connectivity index (χ4n) is 3.20. The highest BCUT2D eigenvalue weighted by atomic mass is 35.5. The quantitative estimate of drug-likeness (QED) is 0.274. The molecule has 0 aliphatic rings. The standard InChI is InChI=1S/C22H12ClF5N4O2/c23-15-8-17(26)18(32(22(27)28)21(34)13-2-1-11(24)6-16(13)25)7-14(15)20(33)31-12-5-10-3-4-29-19(10)30-9-12/h1-9,22H,(H,29,30)(H,31,33). The molecule has 2 N–H and O–H groups in total. The van der Waals surface area contributed by atoms with Crippen LogP contribution in [0.5, 0.6) is 0 Å². The summed E-state index contributed by atoms with van der Waals surface area (Å²) < 4.78 is 69.4. The Morgan fingerprint density at radius 1 is 1.00 bits per heavy atom. The molecule has 2 amide bonds. The van der Waals surface area contributed by atoms with Gasteiger partial charge in [0.25, 0.3) is 11.8 Å². The number of halogens is 6. The molecular formula is C22H12ClF5N4O2. The van der Waals surface area contributed by atoms with Crippen LogP contribution < -0.4 is 10.2 Å². The third-order valence-corrected chi connectivity index (χ3v) is 5.09. The van der Waals surface area contributed by atoms with Gasteiger partial charge in [0.05, 0.1) is 33.7 Å². The molecule has 2 aromatic carbocycles. The molecule has 2 heterocycles. The van der Waals surface area contributed by atoms with E-state index in [4.69, 9.17) is 11.6 Å². The number of pyridine rings is 1. The molecule has 34 heavy (non-hydrogen) atoms. The smallest absolute Gasteiger partial charge is 0.321 e. The molecule has 4 aromatic rings. The summed E-state index contributed by atoms with van der Waals surface area (Å²) in [5, 5.41) is 2.70. The molecule has 6 nitrogen and oxygen atoms in total. The van der Waals surface area contributed by atoms with Gasteiger partial charge in [-0.1, -0.05) is 11.6 Å². The summed E-state index contributed by atoms with van der Waals surface area (Å²) in [6, 6.07) is 6.14. The summed E-state index contributed by atoms with van der Waals surface area (Å²) in [7, 11) is 0. The van der Waals surface area contributed by atoms with Gasteiger partial charge >= 0.3 is 6.55 Å². The molecule has 0 bridgehead atoms. The second-order valence-corrected chi connectivity index (χ2v) is 7.36. The average Bonchev–Trinajstić information content (AvgIpc) is 3.23. The van der Waals surface area contributed by atoms with Gasteiger partial charge in [-0.3, -0.25) is 9.59 Å². The van der Waals surface area contributed by atoms with Crippen molar-refractivity contribution in [1.29, 1.82) is 0 Å². The lowest BCUT2D eigenvalue weighted by molar-refractivity contribution is 0.0830. The number of carbonyl (C=O) groups is 2. The first-order chi connectivity index (χ1) is 16.2. The van der Waals surface area contributed by atoms with Crippen LogP contribution in [0.1, 0.15) is 20.7 Å². The number of aromatic nitrogens is 2. The Balaban J connectivity index is 1.71. The number of aromatic amines is 1. The van der Waals surface area contributed by atoms with Gasteiger partial charge in [0.2, 0.25) is 0 Å². The van der Waals surface area contributed by atoms with Crippen LogP contribution in [0.2, 0.25) is 5.02 Å². The minimum absolute atomic E-state index is 0.231. The summed E-state index contributed by atoms with van der Waals surface area (Å²) >= 11 is 5.95. The van der Waals surface area contributed by atoms with E-state index in [2.05, 4.69) is 15.3 Å². The van der Waals surface area contributed by atoms with Crippen LogP contribution in [0.4, 0.5) is 33.3 Å². The maximum absolute atomic E-state index is 14.6. The highest BCUT2D eigenvalue weighted by Crippen LogP contribution is 2.31. The van der Waals surface area contributed by atoms with Crippen molar-refractivity contribution in [1.82, 2.24) is 9.97 Å². The van der Waals surface area contributed by atoms with Gasteiger partial charge in [0.15, 0.2) is 0 Å². The zero-order valence-electron chi connectivity index (χ0n) is 16.8. The maximum atomic E-state index is 14.6. The molecule has 0 unspecified atom stereocenters. The van der Waals surface area contributed by atoms with Gasteiger partial charge < -0.3 is 10.3 Å². The van der Waals surface area contributed by atoms with Gasteiger partial charge in [0, 0.05) is 17.6 Å². The van der Waals surface area contributed by atoms with Gasteiger partial charge in [0.1, 0.15) is 23.1 Å². The Hall–Kier alpha value is -3.99. The molecule has 0 fully saturated rings. The first kappa shape index (κ1) is 23.2. The van der Waals surface area contributed by atoms with E-state index in [0.29, 0.717) is 41.4 Å². The molecular weight excluding hydrogens is 483 g/mol. The van der Waals surface area contributed by atoms with Gasteiger partial charge in [-0.25, -0.2) is 23.1 Å². The van der Waals surface area contributed by atoms with E-state index in [1.54, 1.807) is 18.3 Å². The van der Waals surface area contributed by atoms with E-state index < -0.39 is 57.7 Å². The number of nitrogens with one attached hydrogen (secondary N) is 2. The van der Waals surface area contributed by atoms with Crippen LogP contribution in [0.3, 0.4) is 0 Å². The minimum atomic E-state index is -3.64. The van der Waals surface area contributed by atoms with Gasteiger partial charge in [-0.05, 0) is 36.4 Å². The van der Waals surface area contributed by atoms with Crippen LogP contribution in [0, 0.1) is 17.5 Å². The van der Waals surface area contributed by atoms with Crippen molar-refractivity contribution in [2.24, 2.45) is 0 Å². The highest BCUT2D eigenvalue weighted by molar-refractivity contribution is 6.34. The number of hydrogen-bond acceptors (Lipinski definition) is 3. The lowest BCUT2D eigenvalue weighted by Crippen LogP contribution is -2.37. The van der Waals surface area contributed by atoms with Crippen LogP contribution in [-0.4, -0.2) is 28.3 Å². The Morgan fingerprint density at radius 3 is 2.47 bits per heavy atom. The number of H-pyrrole nitrogens is 1. The molecule has 0 atom stereocenters. The van der Waals surface area contributed by atoms with Gasteiger partial charge in [-0.15, -0.1) is 0 Å². The lowest BCUT2D eigenvalue weighted by atomic mass is 10.1. The third kappa shape index (κ3) is 4.42. The maximum Gasteiger partial charge on any atom is 0.321 e. The molecule has 0 aliphatic carbocycles. The monoisotopic (exact) mass is 494 g/mol. The molecule has 0 radical (unpaired) electrons. The molecule has 0 saturated carbocycles. The Kier molecular flexibility index (Phi) is 6.20. The summed E-state index contributed by atoms with van der Waals surface area (Å²) in [6.45, 7) is -3.64. The molecule has 0 spiro atoms. The molecule has 0 saturated heterocycles. The number of nitrogens with zero attached hydrogens (tertiary/aromatic N) is 2. The normalized spacial score (nSPS) is 11.1. The SMILES string of the molecule is O=C(Nc1cnc2[nH]ccc2c1)c1cc(N(C(=O)c2ccc(F)cc2F)C(F)F)c(F)cc1Cl. The second-order valence-electron chi connectivity index (χ2n) is 6.95. The van der Waals surface area contributed by atoms with E-state index in [0.717, 1.165) is 0 Å². The summed E-state index contributed by atoms with van der Waals surface area (Å²) in [5.74, 6) is -6.38. The Labute approximate surface area is 193 Å².